The molecule has 0 aliphatic carbocycles. The van der Waals surface area contributed by atoms with Crippen molar-refractivity contribution in [1.29, 1.82) is 0 Å². The summed E-state index contributed by atoms with van der Waals surface area (Å²) in [5.41, 5.74) is 1.82. The van der Waals surface area contributed by atoms with Gasteiger partial charge in [-0.05, 0) is 64.8 Å². The summed E-state index contributed by atoms with van der Waals surface area (Å²) in [7, 11) is -0.437. The van der Waals surface area contributed by atoms with E-state index < -0.39 is 18.3 Å². The smallest absolute Gasteiger partial charge is 0.399 e. The lowest BCUT2D eigenvalue weighted by Crippen LogP contribution is -2.41. The topological polar surface area (TPSA) is 63.7 Å². The number of pyridine rings is 1. The van der Waals surface area contributed by atoms with Crippen molar-refractivity contribution in [2.75, 3.05) is 18.4 Å². The van der Waals surface area contributed by atoms with Crippen molar-refractivity contribution < 1.29 is 18.5 Å². The van der Waals surface area contributed by atoms with Crippen molar-refractivity contribution in [2.24, 2.45) is 0 Å². The van der Waals surface area contributed by atoms with Crippen LogP contribution in [-0.4, -0.2) is 53.2 Å². The highest BCUT2D eigenvalue weighted by Crippen LogP contribution is 2.36. The third kappa shape index (κ3) is 4.66. The Kier molecular flexibility index (Phi) is 6.03. The molecule has 3 heterocycles. The number of anilines is 1. The molecule has 1 amide bonds. The van der Waals surface area contributed by atoms with E-state index in [1.54, 1.807) is 12.1 Å². The van der Waals surface area contributed by atoms with Crippen LogP contribution in [0.2, 0.25) is 0 Å². The Hall–Kier alpha value is -2.45. The molecule has 2 fully saturated rings. The second-order valence-electron chi connectivity index (χ2n) is 9.73. The first kappa shape index (κ1) is 22.7. The van der Waals surface area contributed by atoms with Crippen LogP contribution in [0.15, 0.2) is 36.4 Å². The quantitative estimate of drug-likeness (QED) is 0.726. The number of aromatic nitrogens is 1. The first-order valence-electron chi connectivity index (χ1n) is 11.2. The Labute approximate surface area is 189 Å². The number of amides is 1. The Balaban J connectivity index is 1.34. The van der Waals surface area contributed by atoms with E-state index in [0.29, 0.717) is 13.1 Å². The SMILES string of the molecule is Cc1nc(N[C@H]2CCN(C(=O)Cc3ccc(F)cc3)C2)ccc1B1OC(C)(C)C(C)(C)O1. The molecule has 1 aromatic carbocycles. The standard InChI is InChI=1S/C24H31BFN3O3/c1-16-20(25-31-23(2,3)24(4,5)32-25)10-11-21(27-16)28-19-12-13-29(15-19)22(30)14-17-6-8-18(26)9-7-17/h6-11,19H,12-15H2,1-5H3,(H,27,28)/t19-/m0/s1. The highest BCUT2D eigenvalue weighted by atomic mass is 19.1. The van der Waals surface area contributed by atoms with Gasteiger partial charge in [0, 0.05) is 30.3 Å². The largest absolute Gasteiger partial charge is 0.496 e. The summed E-state index contributed by atoms with van der Waals surface area (Å²) in [5.74, 6) is 0.542. The number of rotatable bonds is 5. The molecular weight excluding hydrogens is 408 g/mol. The minimum atomic E-state index is -0.437. The van der Waals surface area contributed by atoms with Crippen molar-refractivity contribution in [3.8, 4) is 0 Å². The van der Waals surface area contributed by atoms with E-state index in [1.807, 2.05) is 51.7 Å². The number of hydrogen-bond donors (Lipinski definition) is 1. The molecule has 170 valence electrons. The minimum absolute atomic E-state index is 0.0566. The average molecular weight is 439 g/mol. The zero-order valence-corrected chi connectivity index (χ0v) is 19.4. The van der Waals surface area contributed by atoms with E-state index in [-0.39, 0.29) is 24.2 Å². The van der Waals surface area contributed by atoms with Crippen LogP contribution in [0, 0.1) is 12.7 Å². The molecule has 2 aromatic rings. The summed E-state index contributed by atoms with van der Waals surface area (Å²) in [6, 6.07) is 10.2. The maximum Gasteiger partial charge on any atom is 0.496 e. The Morgan fingerprint density at radius 2 is 1.81 bits per heavy atom. The van der Waals surface area contributed by atoms with Crippen LogP contribution in [-0.2, 0) is 20.5 Å². The van der Waals surface area contributed by atoms with Gasteiger partial charge in [-0.25, -0.2) is 9.37 Å². The van der Waals surface area contributed by atoms with Crippen LogP contribution in [0.25, 0.3) is 0 Å². The van der Waals surface area contributed by atoms with Crippen LogP contribution in [0.3, 0.4) is 0 Å². The highest BCUT2D eigenvalue weighted by molar-refractivity contribution is 6.62. The highest BCUT2D eigenvalue weighted by Gasteiger charge is 2.52. The number of carbonyl (C=O) groups excluding carboxylic acids is 1. The fourth-order valence-corrected chi connectivity index (χ4v) is 4.07. The molecule has 1 aromatic heterocycles. The monoisotopic (exact) mass is 439 g/mol. The van der Waals surface area contributed by atoms with E-state index >= 15 is 0 Å². The molecule has 0 spiro atoms. The van der Waals surface area contributed by atoms with Crippen LogP contribution in [0.1, 0.15) is 45.4 Å². The van der Waals surface area contributed by atoms with Gasteiger partial charge in [0.2, 0.25) is 5.91 Å². The minimum Gasteiger partial charge on any atom is -0.399 e. The van der Waals surface area contributed by atoms with Crippen LogP contribution in [0.4, 0.5) is 10.2 Å². The van der Waals surface area contributed by atoms with Crippen LogP contribution < -0.4 is 10.8 Å². The average Bonchev–Trinajstić information content (AvgIpc) is 3.25. The van der Waals surface area contributed by atoms with Crippen molar-refractivity contribution in [2.45, 2.75) is 64.7 Å². The predicted octanol–water partition coefficient (Wildman–Crippen LogP) is 3.08. The molecule has 0 radical (unpaired) electrons. The normalized spacial score (nSPS) is 21.8. The molecule has 1 N–H and O–H groups in total. The van der Waals surface area contributed by atoms with E-state index in [4.69, 9.17) is 14.3 Å². The maximum atomic E-state index is 13.1. The second-order valence-corrected chi connectivity index (χ2v) is 9.73. The third-order valence-corrected chi connectivity index (χ3v) is 6.80. The molecule has 8 heteroatoms. The fourth-order valence-electron chi connectivity index (χ4n) is 4.07. The van der Waals surface area contributed by atoms with Gasteiger partial charge in [-0.2, -0.15) is 0 Å². The van der Waals surface area contributed by atoms with Gasteiger partial charge in [0.1, 0.15) is 11.6 Å². The summed E-state index contributed by atoms with van der Waals surface area (Å²) >= 11 is 0. The van der Waals surface area contributed by atoms with Crippen LogP contribution >= 0.6 is 0 Å². The summed E-state index contributed by atoms with van der Waals surface area (Å²) in [5, 5.41) is 3.45. The molecular formula is C24H31BFN3O3. The molecule has 0 unspecified atom stereocenters. The van der Waals surface area contributed by atoms with Gasteiger partial charge in [0.15, 0.2) is 0 Å². The van der Waals surface area contributed by atoms with E-state index in [1.165, 1.54) is 12.1 Å². The van der Waals surface area contributed by atoms with Gasteiger partial charge < -0.3 is 19.5 Å². The fraction of sp³-hybridized carbons (Fsp3) is 0.500. The van der Waals surface area contributed by atoms with E-state index in [2.05, 4.69) is 5.32 Å². The number of hydrogen-bond acceptors (Lipinski definition) is 5. The van der Waals surface area contributed by atoms with Gasteiger partial charge in [-0.15, -0.1) is 0 Å². The molecule has 2 aliphatic heterocycles. The van der Waals surface area contributed by atoms with Gasteiger partial charge >= 0.3 is 7.12 Å². The van der Waals surface area contributed by atoms with Crippen molar-refractivity contribution in [3.05, 3.63) is 53.5 Å². The Morgan fingerprint density at radius 3 is 2.44 bits per heavy atom. The van der Waals surface area contributed by atoms with Crippen molar-refractivity contribution >= 4 is 24.3 Å². The first-order chi connectivity index (χ1) is 15.0. The molecule has 1 atom stereocenters. The predicted molar refractivity (Wildman–Crippen MR) is 123 cm³/mol. The number of nitrogens with zero attached hydrogens (tertiary/aromatic N) is 2. The maximum absolute atomic E-state index is 13.1. The van der Waals surface area contributed by atoms with Gasteiger partial charge in [0.25, 0.3) is 0 Å². The summed E-state index contributed by atoms with van der Waals surface area (Å²) in [6.07, 6.45) is 1.14. The van der Waals surface area contributed by atoms with Gasteiger partial charge in [-0.1, -0.05) is 18.2 Å². The molecule has 4 rings (SSSR count). The first-order valence-corrected chi connectivity index (χ1v) is 11.2. The van der Waals surface area contributed by atoms with Crippen LogP contribution in [0.5, 0.6) is 0 Å². The number of likely N-dealkylation sites (tertiary alicyclic amines) is 1. The zero-order valence-electron chi connectivity index (χ0n) is 19.4. The number of aryl methyl sites for hydroxylation is 1. The number of halogens is 1. The number of carbonyl (C=O) groups is 1. The van der Waals surface area contributed by atoms with E-state index in [9.17, 15) is 9.18 Å². The summed E-state index contributed by atoms with van der Waals surface area (Å²) < 4.78 is 25.4. The Bertz CT molecular complexity index is 980. The Morgan fingerprint density at radius 1 is 1.16 bits per heavy atom. The van der Waals surface area contributed by atoms with Crippen molar-refractivity contribution in [1.82, 2.24) is 9.88 Å². The second kappa shape index (κ2) is 8.48. The molecule has 0 saturated carbocycles. The molecule has 6 nitrogen and oxygen atoms in total. The van der Waals surface area contributed by atoms with Crippen molar-refractivity contribution in [3.63, 3.8) is 0 Å². The zero-order chi connectivity index (χ0) is 23.1. The molecule has 0 bridgehead atoms. The number of benzene rings is 1. The van der Waals surface area contributed by atoms with Gasteiger partial charge in [0.05, 0.1) is 17.6 Å². The molecule has 32 heavy (non-hydrogen) atoms. The third-order valence-electron chi connectivity index (χ3n) is 6.80. The lowest BCUT2D eigenvalue weighted by Gasteiger charge is -2.32. The van der Waals surface area contributed by atoms with Gasteiger partial charge in [-0.3, -0.25) is 4.79 Å². The number of nitrogens with one attached hydrogen (secondary N) is 1. The molecule has 2 aliphatic rings. The summed E-state index contributed by atoms with van der Waals surface area (Å²) in [6.45, 7) is 11.4. The lowest BCUT2D eigenvalue weighted by molar-refractivity contribution is -0.129. The molecule has 2 saturated heterocycles. The van der Waals surface area contributed by atoms with E-state index in [0.717, 1.165) is 29.0 Å². The lowest BCUT2D eigenvalue weighted by atomic mass is 9.78. The summed E-state index contributed by atoms with van der Waals surface area (Å²) in [4.78, 5) is 19.2.